The molecule has 1 fully saturated rings. The summed E-state index contributed by atoms with van der Waals surface area (Å²) in [6.07, 6.45) is -3.39. The molecule has 0 unspecified atom stereocenters. The highest BCUT2D eigenvalue weighted by molar-refractivity contribution is 5.92. The van der Waals surface area contributed by atoms with Gasteiger partial charge < -0.3 is 10.0 Å². The van der Waals surface area contributed by atoms with E-state index in [4.69, 9.17) is 9.90 Å². The highest BCUT2D eigenvalue weighted by Crippen LogP contribution is 2.51. The van der Waals surface area contributed by atoms with Crippen LogP contribution in [0.3, 0.4) is 0 Å². The summed E-state index contributed by atoms with van der Waals surface area (Å²) in [5, 5.41) is 7.12. The van der Waals surface area contributed by atoms with Crippen molar-refractivity contribution >= 4 is 11.9 Å². The third-order valence-electron chi connectivity index (χ3n) is 6.15. The maximum absolute atomic E-state index is 12.9. The van der Waals surface area contributed by atoms with Gasteiger partial charge in [-0.25, -0.2) is 4.79 Å². The van der Waals surface area contributed by atoms with Crippen LogP contribution in [0.4, 0.5) is 13.2 Å². The first-order valence-corrected chi connectivity index (χ1v) is 10.3. The van der Waals surface area contributed by atoms with Gasteiger partial charge in [0, 0.05) is 43.2 Å². The average molecular weight is 449 g/mol. The first-order valence-electron chi connectivity index (χ1n) is 10.3. The van der Waals surface area contributed by atoms with Gasteiger partial charge in [-0.05, 0) is 44.2 Å². The van der Waals surface area contributed by atoms with Crippen molar-refractivity contribution in [2.45, 2.75) is 38.0 Å². The number of likely N-dealkylation sites (tertiary alicyclic amines) is 1. The fourth-order valence-electron chi connectivity index (χ4n) is 4.49. The van der Waals surface area contributed by atoms with Crippen molar-refractivity contribution in [3.05, 3.63) is 65.5 Å². The number of hydrogen-bond donors (Lipinski definition) is 1. The second-order valence-corrected chi connectivity index (χ2v) is 8.33. The lowest BCUT2D eigenvalue weighted by molar-refractivity contribution is -0.192. The van der Waals surface area contributed by atoms with Crippen LogP contribution in [0.1, 0.15) is 47.4 Å². The lowest BCUT2D eigenvalue weighted by Gasteiger charge is -2.33. The molecule has 2 aliphatic rings. The number of carbonyl (C=O) groups excluding carboxylic acids is 1. The number of rotatable bonds is 3. The molecular weight excluding hydrogens is 423 g/mol. The highest BCUT2D eigenvalue weighted by Gasteiger charge is 2.49. The molecule has 1 aliphatic carbocycles. The van der Waals surface area contributed by atoms with Crippen molar-refractivity contribution in [1.82, 2.24) is 14.8 Å². The smallest absolute Gasteiger partial charge is 0.475 e. The Morgan fingerprint density at radius 1 is 1.09 bits per heavy atom. The Balaban J connectivity index is 0.000000360. The minimum Gasteiger partial charge on any atom is -0.475 e. The van der Waals surface area contributed by atoms with E-state index >= 15 is 0 Å². The zero-order valence-electron chi connectivity index (χ0n) is 18.1. The zero-order valence-corrected chi connectivity index (χ0v) is 18.1. The Labute approximate surface area is 184 Å². The monoisotopic (exact) mass is 449 g/mol. The summed E-state index contributed by atoms with van der Waals surface area (Å²) in [6.45, 7) is 6.07. The highest BCUT2D eigenvalue weighted by atomic mass is 19.4. The van der Waals surface area contributed by atoms with Gasteiger partial charge in [-0.2, -0.15) is 13.2 Å². The van der Waals surface area contributed by atoms with Crippen LogP contribution in [0.2, 0.25) is 0 Å². The number of hydrogen-bond acceptors (Lipinski definition) is 4. The van der Waals surface area contributed by atoms with E-state index in [1.807, 2.05) is 23.1 Å². The Morgan fingerprint density at radius 3 is 2.22 bits per heavy atom. The Bertz CT molecular complexity index is 966. The number of carbonyl (C=O) groups is 2. The molecule has 1 aromatic carbocycles. The largest absolute Gasteiger partial charge is 0.490 e. The summed E-state index contributed by atoms with van der Waals surface area (Å²) in [6, 6.07) is 15.1. The number of carboxylic acid groups (broad SMARTS) is 1. The Hall–Kier alpha value is -2.94. The van der Waals surface area contributed by atoms with E-state index in [2.05, 4.69) is 55.0 Å². The summed E-state index contributed by atoms with van der Waals surface area (Å²) in [7, 11) is 2.21. The fraction of sp³-hybridized carbons (Fsp3) is 0.435. The van der Waals surface area contributed by atoms with Gasteiger partial charge in [-0.3, -0.25) is 14.7 Å². The van der Waals surface area contributed by atoms with Gasteiger partial charge in [0.15, 0.2) is 0 Å². The van der Waals surface area contributed by atoms with Crippen molar-refractivity contribution in [1.29, 1.82) is 0 Å². The predicted molar refractivity (Wildman–Crippen MR) is 112 cm³/mol. The molecule has 1 aromatic heterocycles. The van der Waals surface area contributed by atoms with Gasteiger partial charge in [0.2, 0.25) is 0 Å². The molecule has 1 aliphatic heterocycles. The number of carboxylic acids is 1. The van der Waals surface area contributed by atoms with E-state index in [0.29, 0.717) is 29.6 Å². The number of benzene rings is 1. The third kappa shape index (κ3) is 4.77. The first kappa shape index (κ1) is 23.7. The predicted octanol–water partition coefficient (Wildman–Crippen LogP) is 3.97. The quantitative estimate of drug-likeness (QED) is 0.768. The minimum absolute atomic E-state index is 0.0541. The molecule has 6 nitrogen and oxygen atoms in total. The number of aromatic nitrogens is 1. The van der Waals surface area contributed by atoms with Crippen molar-refractivity contribution in [2.75, 3.05) is 20.1 Å². The fourth-order valence-corrected chi connectivity index (χ4v) is 4.49. The van der Waals surface area contributed by atoms with E-state index < -0.39 is 12.1 Å². The molecule has 0 bridgehead atoms. The van der Waals surface area contributed by atoms with Crippen LogP contribution < -0.4 is 0 Å². The van der Waals surface area contributed by atoms with Gasteiger partial charge in [0.05, 0.1) is 0 Å². The van der Waals surface area contributed by atoms with Crippen LogP contribution in [-0.2, 0) is 4.79 Å². The summed E-state index contributed by atoms with van der Waals surface area (Å²) < 4.78 is 31.7. The van der Waals surface area contributed by atoms with Crippen LogP contribution in [-0.4, -0.2) is 64.1 Å². The summed E-state index contributed by atoms with van der Waals surface area (Å²) >= 11 is 0. The van der Waals surface area contributed by atoms with E-state index in [9.17, 15) is 18.0 Å². The average Bonchev–Trinajstić information content (AvgIpc) is 3.30. The van der Waals surface area contributed by atoms with Crippen LogP contribution in [0.25, 0.3) is 0 Å². The topological polar surface area (TPSA) is 73.7 Å². The molecule has 3 atom stereocenters. The van der Waals surface area contributed by atoms with E-state index in [1.165, 1.54) is 11.1 Å². The van der Waals surface area contributed by atoms with E-state index in [-0.39, 0.29) is 5.91 Å². The molecule has 2 aromatic rings. The van der Waals surface area contributed by atoms with Crippen LogP contribution in [0.5, 0.6) is 0 Å². The second kappa shape index (κ2) is 9.28. The molecule has 1 amide bonds. The number of pyridine rings is 1. The summed E-state index contributed by atoms with van der Waals surface area (Å²) in [5.41, 5.74) is 3.41. The van der Waals surface area contributed by atoms with Gasteiger partial charge in [-0.1, -0.05) is 30.3 Å². The number of aliphatic carboxylic acids is 1. The number of amides is 1. The summed E-state index contributed by atoms with van der Waals surface area (Å²) in [5.74, 6) is -1.82. The van der Waals surface area contributed by atoms with Crippen molar-refractivity contribution in [3.8, 4) is 0 Å². The number of halogens is 3. The van der Waals surface area contributed by atoms with Gasteiger partial charge in [-0.15, -0.1) is 0 Å². The summed E-state index contributed by atoms with van der Waals surface area (Å²) in [4.78, 5) is 30.4. The van der Waals surface area contributed by atoms with E-state index in [0.717, 1.165) is 13.1 Å². The zero-order chi connectivity index (χ0) is 23.6. The minimum atomic E-state index is -5.08. The molecule has 0 radical (unpaired) electrons. The molecular formula is C23H26F3N3O3. The molecule has 32 heavy (non-hydrogen) atoms. The normalized spacial score (nSPS) is 21.8. The lowest BCUT2D eigenvalue weighted by Crippen LogP contribution is -2.36. The molecule has 1 saturated heterocycles. The van der Waals surface area contributed by atoms with E-state index in [1.54, 1.807) is 6.20 Å². The Kier molecular flexibility index (Phi) is 6.88. The molecule has 0 saturated carbocycles. The molecule has 4 rings (SSSR count). The SMILES string of the molecule is CC(C)N(C)[C@H]1c2ccccc2[C@@H]2CN(C(=O)c3ccccn3)C[C@@H]21.O=C(O)C(F)(F)F. The molecule has 172 valence electrons. The number of fused-ring (bicyclic) bond motifs is 3. The van der Waals surface area contributed by atoms with Crippen LogP contribution >= 0.6 is 0 Å². The first-order chi connectivity index (χ1) is 15.0. The van der Waals surface area contributed by atoms with Crippen LogP contribution in [0, 0.1) is 5.92 Å². The molecule has 0 spiro atoms. The Morgan fingerprint density at radius 2 is 1.69 bits per heavy atom. The molecule has 9 heteroatoms. The van der Waals surface area contributed by atoms with Crippen molar-refractivity contribution < 1.29 is 27.9 Å². The maximum Gasteiger partial charge on any atom is 0.490 e. The van der Waals surface area contributed by atoms with Crippen LogP contribution in [0.15, 0.2) is 48.7 Å². The van der Waals surface area contributed by atoms with Crippen molar-refractivity contribution in [3.63, 3.8) is 0 Å². The maximum atomic E-state index is 12.9. The number of nitrogens with zero attached hydrogens (tertiary/aromatic N) is 3. The lowest BCUT2D eigenvalue weighted by atomic mass is 9.93. The standard InChI is InChI=1S/C21H25N3O.C2HF3O2/c1-14(2)23(3)20-16-9-5-4-8-15(16)17-12-24(13-18(17)20)21(25)19-10-6-7-11-22-19;3-2(4,5)1(6)7/h4-11,14,17-18,20H,12-13H2,1-3H3;(H,6,7)/t17-,18-,20-;/m0./s1. The third-order valence-corrected chi connectivity index (χ3v) is 6.15. The molecule has 2 heterocycles. The molecule has 1 N–H and O–H groups in total. The van der Waals surface area contributed by atoms with Crippen molar-refractivity contribution in [2.24, 2.45) is 5.92 Å². The number of alkyl halides is 3. The second-order valence-electron chi connectivity index (χ2n) is 8.33. The van der Waals surface area contributed by atoms with Gasteiger partial charge in [0.25, 0.3) is 5.91 Å². The van der Waals surface area contributed by atoms with Gasteiger partial charge in [0.1, 0.15) is 5.69 Å². The van der Waals surface area contributed by atoms with Gasteiger partial charge >= 0.3 is 12.1 Å².